The molecule has 0 bridgehead atoms. The van der Waals surface area contributed by atoms with Crippen molar-refractivity contribution in [2.45, 2.75) is 25.3 Å². The summed E-state index contributed by atoms with van der Waals surface area (Å²) in [5, 5.41) is 4.69. The first-order valence-electron chi connectivity index (χ1n) is 12.4. The van der Waals surface area contributed by atoms with Crippen molar-refractivity contribution in [2.75, 3.05) is 32.1 Å². The molecule has 5 rings (SSSR count). The third-order valence-corrected chi connectivity index (χ3v) is 7.31. The number of nitrogens with zero attached hydrogens (tertiary/aromatic N) is 3. The number of hydrogen-bond acceptors (Lipinski definition) is 4. The first kappa shape index (κ1) is 25.0. The van der Waals surface area contributed by atoms with Gasteiger partial charge in [0.25, 0.3) is 5.91 Å². The first-order valence-corrected chi connectivity index (χ1v) is 12.8. The molecule has 192 valence electrons. The van der Waals surface area contributed by atoms with E-state index in [2.05, 4.69) is 25.2 Å². The number of aromatic nitrogens is 3. The monoisotopic (exact) mass is 518 g/mol. The molecule has 1 aliphatic heterocycles. The summed E-state index contributed by atoms with van der Waals surface area (Å²) >= 11 is 6.34. The molecule has 3 atom stereocenters. The second-order valence-corrected chi connectivity index (χ2v) is 10.5. The number of para-hydroxylation sites is 1. The molecule has 8 nitrogen and oxygen atoms in total. The topological polar surface area (TPSA) is 97.1 Å². The predicted octanol–water partition coefficient (Wildman–Crippen LogP) is 4.21. The first-order chi connectivity index (χ1) is 17.8. The maximum atomic E-state index is 14.4. The lowest BCUT2D eigenvalue weighted by Crippen LogP contribution is -2.54. The fourth-order valence-electron chi connectivity index (χ4n) is 5.38. The minimum absolute atomic E-state index is 0.155. The molecule has 1 aliphatic rings. The zero-order valence-corrected chi connectivity index (χ0v) is 21.9. The fourth-order valence-corrected chi connectivity index (χ4v) is 5.57. The minimum Gasteiger partial charge on any atom is -0.361 e. The van der Waals surface area contributed by atoms with Gasteiger partial charge >= 0.3 is 0 Å². The van der Waals surface area contributed by atoms with Gasteiger partial charge in [0.05, 0.1) is 12.5 Å². The third kappa shape index (κ3) is 5.12. The number of benzene rings is 2. The number of hydrogen-bond donors (Lipinski definition) is 3. The highest BCUT2D eigenvalue weighted by Gasteiger charge is 2.37. The van der Waals surface area contributed by atoms with Crippen molar-refractivity contribution in [1.29, 1.82) is 0 Å². The van der Waals surface area contributed by atoms with Crippen molar-refractivity contribution in [3.05, 3.63) is 83.0 Å². The normalized spacial score (nSPS) is 17.0. The van der Waals surface area contributed by atoms with Gasteiger partial charge in [0.15, 0.2) is 0 Å². The van der Waals surface area contributed by atoms with E-state index in [0.717, 1.165) is 40.7 Å². The van der Waals surface area contributed by atoms with Crippen molar-refractivity contribution in [1.82, 2.24) is 25.2 Å². The lowest BCUT2D eigenvalue weighted by atomic mass is 9.88. The average Bonchev–Trinajstić information content (AvgIpc) is 3.56. The molecule has 9 heteroatoms. The molecule has 2 aromatic carbocycles. The Kier molecular flexibility index (Phi) is 7.04. The summed E-state index contributed by atoms with van der Waals surface area (Å²) in [6.07, 6.45) is 5.67. The van der Waals surface area contributed by atoms with Crippen LogP contribution in [0.15, 0.2) is 61.2 Å². The van der Waals surface area contributed by atoms with Crippen LogP contribution in [0.1, 0.15) is 34.5 Å². The fraction of sp³-hybridized carbons (Fsp3) is 0.321. The van der Waals surface area contributed by atoms with Gasteiger partial charge in [-0.05, 0) is 61.8 Å². The molecule has 0 fully saturated rings. The summed E-state index contributed by atoms with van der Waals surface area (Å²) in [6.45, 7) is 3.37. The van der Waals surface area contributed by atoms with Crippen LogP contribution < -0.4 is 10.2 Å². The Hall–Kier alpha value is -3.62. The summed E-state index contributed by atoms with van der Waals surface area (Å²) in [5.41, 5.74) is 4.14. The number of carbonyl (C=O) groups is 2. The lowest BCUT2D eigenvalue weighted by molar-refractivity contribution is -0.121. The number of amides is 2. The van der Waals surface area contributed by atoms with E-state index in [4.69, 9.17) is 11.6 Å². The number of fused-ring (bicyclic) bond motifs is 2. The number of rotatable bonds is 7. The Balaban J connectivity index is 1.54. The van der Waals surface area contributed by atoms with E-state index in [0.29, 0.717) is 17.3 Å². The summed E-state index contributed by atoms with van der Waals surface area (Å²) in [4.78, 5) is 41.6. The van der Waals surface area contributed by atoms with E-state index in [9.17, 15) is 9.59 Å². The van der Waals surface area contributed by atoms with E-state index >= 15 is 0 Å². The standard InChI is InChI=1S/C28H31ClN6O2/c1-17(22-12-31-23-7-5-4-6-21(22)23)26(33-27(36)24-13-30-16-32-24)28(37)35-15-18(14-34(2)3)10-19-11-20(29)8-9-25(19)35/h4-9,11-13,16-18,26,31H,10,14-15H2,1-3H3,(H,30,32)(H,33,36)/t17?,18-,26?/m1/s1. The van der Waals surface area contributed by atoms with Gasteiger partial charge < -0.3 is 25.1 Å². The van der Waals surface area contributed by atoms with Crippen LogP contribution in [0.2, 0.25) is 5.02 Å². The van der Waals surface area contributed by atoms with Gasteiger partial charge in [-0.25, -0.2) is 4.98 Å². The molecule has 0 radical (unpaired) electrons. The van der Waals surface area contributed by atoms with Gasteiger partial charge in [-0.2, -0.15) is 0 Å². The number of halogens is 1. The van der Waals surface area contributed by atoms with Gasteiger partial charge in [-0.1, -0.05) is 36.7 Å². The van der Waals surface area contributed by atoms with E-state index in [1.165, 1.54) is 12.5 Å². The number of aromatic amines is 2. The summed E-state index contributed by atoms with van der Waals surface area (Å²) in [5.74, 6) is -0.601. The van der Waals surface area contributed by atoms with Crippen molar-refractivity contribution in [3.8, 4) is 0 Å². The molecular formula is C28H31ClN6O2. The molecule has 0 spiro atoms. The molecular weight excluding hydrogens is 488 g/mol. The number of carbonyl (C=O) groups excluding carboxylic acids is 2. The van der Waals surface area contributed by atoms with Crippen LogP contribution in [0, 0.1) is 5.92 Å². The Morgan fingerprint density at radius 1 is 1.22 bits per heavy atom. The number of H-pyrrole nitrogens is 2. The lowest BCUT2D eigenvalue weighted by Gasteiger charge is -2.38. The maximum absolute atomic E-state index is 14.4. The highest BCUT2D eigenvalue weighted by atomic mass is 35.5. The van der Waals surface area contributed by atoms with E-state index < -0.39 is 6.04 Å². The molecule has 0 aliphatic carbocycles. The molecule has 37 heavy (non-hydrogen) atoms. The Morgan fingerprint density at radius 3 is 2.78 bits per heavy atom. The highest BCUT2D eigenvalue weighted by Crippen LogP contribution is 2.35. The van der Waals surface area contributed by atoms with Crippen LogP contribution >= 0.6 is 11.6 Å². The van der Waals surface area contributed by atoms with E-state index in [1.807, 2.05) is 74.6 Å². The van der Waals surface area contributed by atoms with Crippen LogP contribution in [0.4, 0.5) is 5.69 Å². The van der Waals surface area contributed by atoms with Crippen LogP contribution in [-0.2, 0) is 11.2 Å². The average molecular weight is 519 g/mol. The van der Waals surface area contributed by atoms with Crippen molar-refractivity contribution in [2.24, 2.45) is 5.92 Å². The molecule has 0 saturated carbocycles. The zero-order valence-electron chi connectivity index (χ0n) is 21.2. The summed E-state index contributed by atoms with van der Waals surface area (Å²) < 4.78 is 0. The van der Waals surface area contributed by atoms with Gasteiger partial charge in [0.2, 0.25) is 5.91 Å². The molecule has 3 heterocycles. The SMILES string of the molecule is CC(c1c[nH]c2ccccc12)C(NC(=O)c1cnc[nH]1)C(=O)N1C[C@@H](CN(C)C)Cc2cc(Cl)ccc21. The van der Waals surface area contributed by atoms with Crippen molar-refractivity contribution in [3.63, 3.8) is 0 Å². The van der Waals surface area contributed by atoms with E-state index in [1.54, 1.807) is 0 Å². The van der Waals surface area contributed by atoms with Gasteiger partial charge in [-0.15, -0.1) is 0 Å². The Morgan fingerprint density at radius 2 is 2.03 bits per heavy atom. The number of imidazole rings is 1. The van der Waals surface area contributed by atoms with Crippen LogP contribution in [0.25, 0.3) is 10.9 Å². The quantitative estimate of drug-likeness (QED) is 0.341. The summed E-state index contributed by atoms with van der Waals surface area (Å²) in [6, 6.07) is 12.8. The zero-order chi connectivity index (χ0) is 26.1. The molecule has 0 saturated heterocycles. The smallest absolute Gasteiger partial charge is 0.270 e. The highest BCUT2D eigenvalue weighted by molar-refractivity contribution is 6.30. The molecule has 2 unspecified atom stereocenters. The second kappa shape index (κ2) is 10.4. The number of nitrogens with one attached hydrogen (secondary N) is 3. The summed E-state index contributed by atoms with van der Waals surface area (Å²) in [7, 11) is 4.07. The third-order valence-electron chi connectivity index (χ3n) is 7.08. The molecule has 2 aromatic heterocycles. The van der Waals surface area contributed by atoms with Crippen LogP contribution in [-0.4, -0.2) is 64.9 Å². The van der Waals surface area contributed by atoms with Gasteiger partial charge in [0.1, 0.15) is 11.7 Å². The van der Waals surface area contributed by atoms with Crippen molar-refractivity contribution >= 4 is 40.0 Å². The van der Waals surface area contributed by atoms with Crippen molar-refractivity contribution < 1.29 is 9.59 Å². The van der Waals surface area contributed by atoms with E-state index in [-0.39, 0.29) is 23.7 Å². The Bertz CT molecular complexity index is 1410. The largest absolute Gasteiger partial charge is 0.361 e. The molecule has 3 N–H and O–H groups in total. The van der Waals surface area contributed by atoms with Crippen LogP contribution in [0.3, 0.4) is 0 Å². The Labute approximate surface area is 221 Å². The van der Waals surface area contributed by atoms with Crippen LogP contribution in [0.5, 0.6) is 0 Å². The molecule has 4 aromatic rings. The molecule has 2 amide bonds. The van der Waals surface area contributed by atoms with Gasteiger partial charge in [-0.3, -0.25) is 9.59 Å². The number of anilines is 1. The minimum atomic E-state index is -0.809. The van der Waals surface area contributed by atoms with Gasteiger partial charge in [0, 0.05) is 46.8 Å². The predicted molar refractivity (Wildman–Crippen MR) is 146 cm³/mol. The maximum Gasteiger partial charge on any atom is 0.270 e. The second-order valence-electron chi connectivity index (χ2n) is 10.0.